The lowest BCUT2D eigenvalue weighted by Gasteiger charge is -2.00. The SMILES string of the molecule is [C-]#[N+]c1cnn(-c2ncncn2)c1/N=N/c1c(C)nn2c(C)n[nH]c12. The maximum Gasteiger partial charge on any atom is 0.254 e. The van der Waals surface area contributed by atoms with E-state index >= 15 is 0 Å². The van der Waals surface area contributed by atoms with Crippen LogP contribution in [0.1, 0.15) is 11.5 Å². The van der Waals surface area contributed by atoms with Crippen LogP contribution in [0.4, 0.5) is 17.2 Å². The van der Waals surface area contributed by atoms with Gasteiger partial charge in [-0.15, -0.1) is 10.2 Å². The van der Waals surface area contributed by atoms with Crippen LogP contribution >= 0.6 is 0 Å². The summed E-state index contributed by atoms with van der Waals surface area (Å²) in [4.78, 5) is 15.2. The number of H-pyrrole nitrogens is 1. The molecule has 0 aliphatic carbocycles. The second-order valence-corrected chi connectivity index (χ2v) is 4.98. The fraction of sp³-hybridized carbons (Fsp3) is 0.154. The third-order valence-electron chi connectivity index (χ3n) is 3.42. The fourth-order valence-electron chi connectivity index (χ4n) is 2.25. The van der Waals surface area contributed by atoms with Gasteiger partial charge in [-0.25, -0.2) is 9.83 Å². The van der Waals surface area contributed by atoms with Crippen LogP contribution in [-0.2, 0) is 0 Å². The minimum Gasteiger partial charge on any atom is -0.258 e. The predicted octanol–water partition coefficient (Wildman–Crippen LogP) is 2.01. The van der Waals surface area contributed by atoms with Gasteiger partial charge in [-0.1, -0.05) is 0 Å². The molecular formula is C13H10N12. The highest BCUT2D eigenvalue weighted by Gasteiger charge is 2.16. The largest absolute Gasteiger partial charge is 0.258 e. The molecule has 4 rings (SSSR count). The summed E-state index contributed by atoms with van der Waals surface area (Å²) in [5.74, 6) is 1.17. The van der Waals surface area contributed by atoms with Crippen molar-refractivity contribution in [1.82, 2.24) is 44.5 Å². The standard InChI is InChI=1S/C13H10N12/c1-7-10(12-22-19-8(2)24(12)23-7)20-21-11-9(14-3)4-18-25(11)13-16-5-15-6-17-13/h4-6,22H,1-2H3/b21-20+. The lowest BCUT2D eigenvalue weighted by atomic mass is 10.4. The van der Waals surface area contributed by atoms with E-state index in [2.05, 4.69) is 50.4 Å². The van der Waals surface area contributed by atoms with Crippen molar-refractivity contribution in [3.05, 3.63) is 41.8 Å². The Morgan fingerprint density at radius 2 is 2.00 bits per heavy atom. The van der Waals surface area contributed by atoms with Gasteiger partial charge in [-0.2, -0.15) is 34.5 Å². The molecule has 25 heavy (non-hydrogen) atoms. The van der Waals surface area contributed by atoms with Crippen LogP contribution in [0.2, 0.25) is 0 Å². The van der Waals surface area contributed by atoms with Crippen molar-refractivity contribution >= 4 is 22.8 Å². The first kappa shape index (κ1) is 14.6. The Kier molecular flexibility index (Phi) is 3.24. The molecular weight excluding hydrogens is 324 g/mol. The van der Waals surface area contributed by atoms with Gasteiger partial charge in [-0.3, -0.25) is 5.10 Å². The summed E-state index contributed by atoms with van der Waals surface area (Å²) < 4.78 is 2.97. The first-order valence-corrected chi connectivity index (χ1v) is 7.09. The van der Waals surface area contributed by atoms with Crippen LogP contribution < -0.4 is 0 Å². The molecule has 0 saturated heterocycles. The van der Waals surface area contributed by atoms with Crippen molar-refractivity contribution in [2.24, 2.45) is 10.2 Å². The molecule has 1 N–H and O–H groups in total. The van der Waals surface area contributed by atoms with E-state index in [1.807, 2.05) is 13.8 Å². The lowest BCUT2D eigenvalue weighted by Crippen LogP contribution is -2.01. The van der Waals surface area contributed by atoms with E-state index in [0.717, 1.165) is 0 Å². The monoisotopic (exact) mass is 334 g/mol. The number of azo groups is 1. The number of hydrogen-bond acceptors (Lipinski definition) is 8. The maximum absolute atomic E-state index is 7.27. The van der Waals surface area contributed by atoms with E-state index in [0.29, 0.717) is 22.9 Å². The maximum atomic E-state index is 7.27. The number of aromatic amines is 1. The summed E-state index contributed by atoms with van der Waals surface area (Å²) in [7, 11) is 0. The van der Waals surface area contributed by atoms with Crippen LogP contribution in [0.5, 0.6) is 0 Å². The third kappa shape index (κ3) is 2.30. The van der Waals surface area contributed by atoms with Gasteiger partial charge in [0, 0.05) is 0 Å². The number of rotatable bonds is 3. The molecule has 12 heteroatoms. The topological polar surface area (TPSA) is 132 Å². The number of nitrogens with zero attached hydrogens (tertiary/aromatic N) is 11. The van der Waals surface area contributed by atoms with Crippen LogP contribution in [0.15, 0.2) is 29.1 Å². The number of aromatic nitrogens is 9. The van der Waals surface area contributed by atoms with Crippen molar-refractivity contribution in [2.45, 2.75) is 13.8 Å². The first-order chi connectivity index (χ1) is 12.2. The molecule has 0 atom stereocenters. The van der Waals surface area contributed by atoms with Gasteiger partial charge >= 0.3 is 0 Å². The average molecular weight is 334 g/mol. The van der Waals surface area contributed by atoms with E-state index in [-0.39, 0.29) is 17.5 Å². The molecule has 4 aromatic rings. The van der Waals surface area contributed by atoms with Crippen molar-refractivity contribution in [2.75, 3.05) is 0 Å². The third-order valence-corrected chi connectivity index (χ3v) is 3.42. The van der Waals surface area contributed by atoms with Gasteiger partial charge in [0.25, 0.3) is 11.6 Å². The fourth-order valence-corrected chi connectivity index (χ4v) is 2.25. The van der Waals surface area contributed by atoms with Gasteiger partial charge in [-0.05, 0) is 13.8 Å². The Morgan fingerprint density at radius 1 is 1.20 bits per heavy atom. The summed E-state index contributed by atoms with van der Waals surface area (Å²) in [6.07, 6.45) is 4.05. The molecule has 0 aliphatic heterocycles. The van der Waals surface area contributed by atoms with Crippen LogP contribution in [0.25, 0.3) is 16.4 Å². The quantitative estimate of drug-likeness (QED) is 0.450. The average Bonchev–Trinajstić information content (AvgIpc) is 3.29. The van der Waals surface area contributed by atoms with Gasteiger partial charge in [0.2, 0.25) is 0 Å². The minimum atomic E-state index is 0.219. The minimum absolute atomic E-state index is 0.219. The first-order valence-electron chi connectivity index (χ1n) is 7.09. The Bertz CT molecular complexity index is 1120. The van der Waals surface area contributed by atoms with E-state index in [9.17, 15) is 0 Å². The van der Waals surface area contributed by atoms with E-state index in [1.165, 1.54) is 23.5 Å². The lowest BCUT2D eigenvalue weighted by molar-refractivity contribution is 0.790. The Morgan fingerprint density at radius 3 is 2.76 bits per heavy atom. The van der Waals surface area contributed by atoms with Crippen molar-refractivity contribution < 1.29 is 0 Å². The summed E-state index contributed by atoms with van der Waals surface area (Å²) in [6, 6.07) is 0. The molecule has 4 aromatic heterocycles. The van der Waals surface area contributed by atoms with Gasteiger partial charge < -0.3 is 0 Å². The highest BCUT2D eigenvalue weighted by atomic mass is 15.4. The van der Waals surface area contributed by atoms with E-state index in [4.69, 9.17) is 6.57 Å². The van der Waals surface area contributed by atoms with Crippen molar-refractivity contribution in [3.63, 3.8) is 0 Å². The molecule has 0 unspecified atom stereocenters. The zero-order valence-corrected chi connectivity index (χ0v) is 13.2. The van der Waals surface area contributed by atoms with E-state index in [1.54, 1.807) is 4.52 Å². The van der Waals surface area contributed by atoms with Crippen LogP contribution in [0.3, 0.4) is 0 Å². The molecule has 0 aliphatic rings. The molecule has 4 heterocycles. The van der Waals surface area contributed by atoms with Gasteiger partial charge in [0.05, 0.1) is 18.5 Å². The summed E-state index contributed by atoms with van der Waals surface area (Å²) >= 11 is 0. The second kappa shape index (κ2) is 5.57. The summed E-state index contributed by atoms with van der Waals surface area (Å²) in [5.41, 5.74) is 2.05. The smallest absolute Gasteiger partial charge is 0.254 e. The summed E-state index contributed by atoms with van der Waals surface area (Å²) in [5, 5.41) is 23.8. The predicted molar refractivity (Wildman–Crippen MR) is 84.2 cm³/mol. The zero-order valence-electron chi connectivity index (χ0n) is 13.2. The Hall–Kier alpha value is -4.01. The van der Waals surface area contributed by atoms with Crippen molar-refractivity contribution in [3.8, 4) is 5.95 Å². The van der Waals surface area contributed by atoms with Crippen LogP contribution in [-0.4, -0.2) is 44.5 Å². The van der Waals surface area contributed by atoms with Gasteiger partial charge in [0.15, 0.2) is 17.2 Å². The van der Waals surface area contributed by atoms with Gasteiger partial charge in [0.1, 0.15) is 18.5 Å². The molecule has 0 amide bonds. The normalized spacial score (nSPS) is 11.4. The molecule has 0 radical (unpaired) electrons. The second-order valence-electron chi connectivity index (χ2n) is 4.98. The zero-order chi connectivity index (χ0) is 17.4. The molecule has 0 saturated carbocycles. The van der Waals surface area contributed by atoms with Crippen molar-refractivity contribution in [1.29, 1.82) is 0 Å². The highest BCUT2D eigenvalue weighted by molar-refractivity contribution is 5.67. The number of hydrogen-bond donors (Lipinski definition) is 1. The number of fused-ring (bicyclic) bond motifs is 1. The molecule has 0 aromatic carbocycles. The highest BCUT2D eigenvalue weighted by Crippen LogP contribution is 2.32. The number of aryl methyl sites for hydroxylation is 2. The molecule has 0 bridgehead atoms. The molecule has 122 valence electrons. The number of nitrogens with one attached hydrogen (secondary N) is 1. The molecule has 0 spiro atoms. The van der Waals surface area contributed by atoms with Crippen LogP contribution in [0, 0.1) is 20.4 Å². The Balaban J connectivity index is 1.83. The Labute approximate surface area is 140 Å². The summed E-state index contributed by atoms with van der Waals surface area (Å²) in [6.45, 7) is 10.9. The van der Waals surface area contributed by atoms with E-state index < -0.39 is 0 Å². The molecule has 12 nitrogen and oxygen atoms in total. The molecule has 0 fully saturated rings.